The molecule has 0 bridgehead atoms. The van der Waals surface area contributed by atoms with Gasteiger partial charge in [-0.15, -0.1) is 0 Å². The maximum Gasteiger partial charge on any atom is 4.00 e. The van der Waals surface area contributed by atoms with E-state index in [1.807, 2.05) is 0 Å². The van der Waals surface area contributed by atoms with Crippen LogP contribution in [0.2, 0.25) is 0 Å². The van der Waals surface area contributed by atoms with Gasteiger partial charge in [-0.3, -0.25) is 0 Å². The molecule has 0 amide bonds. The molecule has 0 saturated heterocycles. The van der Waals surface area contributed by atoms with Crippen LogP contribution >= 0.6 is 0 Å². The average molecular weight is 366 g/mol. The molecule has 0 aliphatic rings. The van der Waals surface area contributed by atoms with E-state index in [-0.39, 0.29) is 81.5 Å². The zero-order valence-corrected chi connectivity index (χ0v) is 7.66. The third-order valence-corrected chi connectivity index (χ3v) is 0. The fourth-order valence-electron chi connectivity index (χ4n) is 0. The summed E-state index contributed by atoms with van der Waals surface area (Å²) in [6.45, 7) is 0. The topological polar surface area (TPSA) is 114 Å². The molecule has 0 unspecified atom stereocenters. The molecule has 0 saturated carbocycles. The van der Waals surface area contributed by atoms with Crippen molar-refractivity contribution >= 4 is 0 Å². The summed E-state index contributed by atoms with van der Waals surface area (Å²) in [5, 5.41) is 0. The zero-order valence-electron chi connectivity index (χ0n) is 2.78. The summed E-state index contributed by atoms with van der Waals surface area (Å²) in [5.74, 6) is 0. The maximum atomic E-state index is 0. The molecular formula is CoO4PtTi. The quantitative estimate of drug-likeness (QED) is 0.516. The minimum Gasteiger partial charge on any atom is -2.00 e. The van der Waals surface area contributed by atoms with E-state index in [1.54, 1.807) is 0 Å². The summed E-state index contributed by atoms with van der Waals surface area (Å²) in [4.78, 5) is 0. The van der Waals surface area contributed by atoms with E-state index >= 15 is 0 Å². The third kappa shape index (κ3) is 83.7. The molecule has 1 radical (unpaired) electrons. The van der Waals surface area contributed by atoms with Gasteiger partial charge in [0.05, 0.1) is 0 Å². The molecule has 0 spiro atoms. The van der Waals surface area contributed by atoms with Gasteiger partial charge in [-0.1, -0.05) is 0 Å². The molecule has 4 nitrogen and oxygen atoms in total. The Labute approximate surface area is 81.0 Å². The standard InChI is InChI=1S/Co.4O.Pt.Ti/q+2;4*-2;+2;+4. The minimum absolute atomic E-state index is 0. The summed E-state index contributed by atoms with van der Waals surface area (Å²) in [7, 11) is 0. The summed E-state index contributed by atoms with van der Waals surface area (Å²) in [6, 6.07) is 0. The van der Waals surface area contributed by atoms with Crippen molar-refractivity contribution < 1.29 is 81.5 Å². The molecule has 0 rings (SSSR count). The van der Waals surface area contributed by atoms with Crippen LogP contribution in [0.5, 0.6) is 0 Å². The van der Waals surface area contributed by atoms with E-state index in [4.69, 9.17) is 0 Å². The van der Waals surface area contributed by atoms with Gasteiger partial charge < -0.3 is 21.9 Å². The first-order valence-corrected chi connectivity index (χ1v) is 0. The monoisotopic (exact) mass is 366 g/mol. The molecule has 0 fully saturated rings. The first-order valence-electron chi connectivity index (χ1n) is 0. The molecule has 7 heavy (non-hydrogen) atoms. The van der Waals surface area contributed by atoms with Gasteiger partial charge in [0, 0.05) is 0 Å². The van der Waals surface area contributed by atoms with Gasteiger partial charge >= 0.3 is 59.6 Å². The van der Waals surface area contributed by atoms with Gasteiger partial charge in [-0.25, -0.2) is 0 Å². The second-order valence-corrected chi connectivity index (χ2v) is 0. The molecule has 0 heterocycles. The number of hydrogen-bond acceptors (Lipinski definition) is 0. The normalized spacial score (nSPS) is 0. The van der Waals surface area contributed by atoms with E-state index in [0.29, 0.717) is 0 Å². The first-order chi connectivity index (χ1) is 0. The van der Waals surface area contributed by atoms with E-state index in [2.05, 4.69) is 0 Å². The SMILES string of the molecule is [Co+2].[O-2].[O-2].[O-2].[O-2].[Pt+2].[Ti+4]. The Balaban J connectivity index is 0. The number of hydrogen-bond donors (Lipinski definition) is 0. The molecule has 0 N–H and O–H groups in total. The van der Waals surface area contributed by atoms with Crippen LogP contribution in [-0.4, -0.2) is 0 Å². The summed E-state index contributed by atoms with van der Waals surface area (Å²) >= 11 is 0. The van der Waals surface area contributed by atoms with Crippen LogP contribution in [0, 0.1) is 0 Å². The fraction of sp³-hybridized carbons (Fsp3) is 0. The largest absolute Gasteiger partial charge is 4.00 e. The van der Waals surface area contributed by atoms with Crippen LogP contribution in [-0.2, 0) is 81.5 Å². The molecule has 0 aliphatic heterocycles. The van der Waals surface area contributed by atoms with Crippen LogP contribution in [0.15, 0.2) is 0 Å². The van der Waals surface area contributed by atoms with Crippen molar-refractivity contribution in [3.8, 4) is 0 Å². The van der Waals surface area contributed by atoms with Crippen molar-refractivity contribution in [3.05, 3.63) is 0 Å². The van der Waals surface area contributed by atoms with Crippen LogP contribution in [0.1, 0.15) is 0 Å². The first kappa shape index (κ1) is 172. The van der Waals surface area contributed by atoms with Gasteiger partial charge in [0.25, 0.3) is 0 Å². The number of rotatable bonds is 0. The van der Waals surface area contributed by atoms with Crippen molar-refractivity contribution in [2.75, 3.05) is 0 Å². The Bertz CT molecular complexity index is 11.7. The molecule has 7 heteroatoms. The Kier molecular flexibility index (Phi) is 2830. The van der Waals surface area contributed by atoms with Crippen molar-refractivity contribution in [1.82, 2.24) is 0 Å². The van der Waals surface area contributed by atoms with Crippen LogP contribution < -0.4 is 0 Å². The predicted octanol–water partition coefficient (Wildman–Crippen LogP) is -0.483. The second kappa shape index (κ2) is 115. The minimum atomic E-state index is 0. The third-order valence-electron chi connectivity index (χ3n) is 0. The van der Waals surface area contributed by atoms with E-state index in [0.717, 1.165) is 0 Å². The van der Waals surface area contributed by atoms with Crippen molar-refractivity contribution in [1.29, 1.82) is 0 Å². The molecule has 0 aromatic heterocycles. The maximum absolute atomic E-state index is 0. The van der Waals surface area contributed by atoms with Gasteiger partial charge in [-0.2, -0.15) is 0 Å². The Hall–Kier alpha value is 1.75. The van der Waals surface area contributed by atoms with Crippen LogP contribution in [0.3, 0.4) is 0 Å². The zero-order chi connectivity index (χ0) is 0. The van der Waals surface area contributed by atoms with E-state index in [9.17, 15) is 0 Å². The Morgan fingerprint density at radius 2 is 0.571 bits per heavy atom. The molecule has 0 atom stereocenters. The molecule has 0 aromatic carbocycles. The average Bonchev–Trinajstić information content (AvgIpc) is 0. The Morgan fingerprint density at radius 1 is 0.571 bits per heavy atom. The smallest absolute Gasteiger partial charge is 2.00 e. The van der Waals surface area contributed by atoms with Gasteiger partial charge in [0.15, 0.2) is 0 Å². The van der Waals surface area contributed by atoms with Crippen LogP contribution in [0.4, 0.5) is 0 Å². The second-order valence-electron chi connectivity index (χ2n) is 0. The molecular weight excluding hydrogens is 366 g/mol. The van der Waals surface area contributed by atoms with Crippen molar-refractivity contribution in [3.63, 3.8) is 0 Å². The molecule has 47 valence electrons. The molecule has 0 aromatic rings. The van der Waals surface area contributed by atoms with Crippen LogP contribution in [0.25, 0.3) is 0 Å². The van der Waals surface area contributed by atoms with Gasteiger partial charge in [0.2, 0.25) is 0 Å². The van der Waals surface area contributed by atoms with Gasteiger partial charge in [0.1, 0.15) is 0 Å². The van der Waals surface area contributed by atoms with E-state index in [1.165, 1.54) is 0 Å². The van der Waals surface area contributed by atoms with Crippen molar-refractivity contribution in [2.45, 2.75) is 0 Å². The van der Waals surface area contributed by atoms with Crippen molar-refractivity contribution in [2.24, 2.45) is 0 Å². The van der Waals surface area contributed by atoms with E-state index < -0.39 is 0 Å². The summed E-state index contributed by atoms with van der Waals surface area (Å²) in [6.07, 6.45) is 0. The molecule has 0 aliphatic carbocycles. The fourth-order valence-corrected chi connectivity index (χ4v) is 0. The summed E-state index contributed by atoms with van der Waals surface area (Å²) < 4.78 is 0. The predicted molar refractivity (Wildman–Crippen MR) is 2.75 cm³/mol. The van der Waals surface area contributed by atoms with Gasteiger partial charge in [-0.05, 0) is 0 Å². The summed E-state index contributed by atoms with van der Waals surface area (Å²) in [5.41, 5.74) is 0. The Morgan fingerprint density at radius 3 is 0.571 bits per heavy atom.